The first-order chi connectivity index (χ1) is 7.20. The Hall–Kier alpha value is -0.710. The Morgan fingerprint density at radius 1 is 1.47 bits per heavy atom. The lowest BCUT2D eigenvalue weighted by molar-refractivity contribution is 0.191. The van der Waals surface area contributed by atoms with Gasteiger partial charge in [0.2, 0.25) is 0 Å². The summed E-state index contributed by atoms with van der Waals surface area (Å²) in [5.41, 5.74) is 0.790. The Morgan fingerprint density at radius 3 is 2.73 bits per heavy atom. The molecule has 15 heavy (non-hydrogen) atoms. The molecule has 0 aliphatic rings. The number of aliphatic hydroxyl groups excluding tert-OH is 2. The van der Waals surface area contributed by atoms with Crippen LogP contribution in [0.25, 0.3) is 0 Å². The molecule has 0 unspecified atom stereocenters. The van der Waals surface area contributed by atoms with Crippen LogP contribution in [0.15, 0.2) is 23.1 Å². The Kier molecular flexibility index (Phi) is 4.94. The van der Waals surface area contributed by atoms with Crippen molar-refractivity contribution in [3.8, 4) is 5.75 Å². The number of rotatable bonds is 5. The summed E-state index contributed by atoms with van der Waals surface area (Å²) in [6.07, 6.45) is -0.567. The standard InChI is InChI=1S/C11H16O3S/c1-8(13)11-9(14-2)4-3-5-10(11)15-7-6-12/h3-5,8,12-13H,6-7H2,1-2H3/t8-/m1/s1. The lowest BCUT2D eigenvalue weighted by atomic mass is 10.1. The van der Waals surface area contributed by atoms with Gasteiger partial charge in [0.25, 0.3) is 0 Å². The Balaban J connectivity index is 3.02. The second-order valence-corrected chi connectivity index (χ2v) is 4.26. The number of hydrogen-bond donors (Lipinski definition) is 2. The van der Waals surface area contributed by atoms with E-state index in [4.69, 9.17) is 9.84 Å². The molecule has 2 N–H and O–H groups in total. The molecule has 0 heterocycles. The summed E-state index contributed by atoms with van der Waals surface area (Å²) in [6.45, 7) is 1.84. The molecule has 0 saturated carbocycles. The third-order valence-corrected chi connectivity index (χ3v) is 3.07. The van der Waals surface area contributed by atoms with Gasteiger partial charge in [0.15, 0.2) is 0 Å². The fraction of sp³-hybridized carbons (Fsp3) is 0.455. The van der Waals surface area contributed by atoms with Crippen LogP contribution >= 0.6 is 11.8 Å². The highest BCUT2D eigenvalue weighted by atomic mass is 32.2. The quantitative estimate of drug-likeness (QED) is 0.755. The maximum absolute atomic E-state index is 9.66. The molecule has 0 saturated heterocycles. The van der Waals surface area contributed by atoms with E-state index < -0.39 is 6.10 Å². The van der Waals surface area contributed by atoms with Gasteiger partial charge in [0.05, 0.1) is 19.8 Å². The molecule has 0 radical (unpaired) electrons. The second-order valence-electron chi connectivity index (χ2n) is 3.12. The van der Waals surface area contributed by atoms with E-state index in [9.17, 15) is 5.11 Å². The molecule has 1 atom stereocenters. The van der Waals surface area contributed by atoms with E-state index in [1.165, 1.54) is 11.8 Å². The monoisotopic (exact) mass is 228 g/mol. The van der Waals surface area contributed by atoms with Crippen molar-refractivity contribution in [3.63, 3.8) is 0 Å². The number of aliphatic hydroxyl groups is 2. The SMILES string of the molecule is COc1cccc(SCCO)c1[C@@H](C)O. The van der Waals surface area contributed by atoms with Crippen molar-refractivity contribution in [3.05, 3.63) is 23.8 Å². The number of thioether (sulfide) groups is 1. The summed E-state index contributed by atoms with van der Waals surface area (Å²) in [5, 5.41) is 18.4. The van der Waals surface area contributed by atoms with Crippen LogP contribution in [0.1, 0.15) is 18.6 Å². The van der Waals surface area contributed by atoms with Crippen LogP contribution in [0.2, 0.25) is 0 Å². The van der Waals surface area contributed by atoms with Gasteiger partial charge in [-0.2, -0.15) is 0 Å². The second kappa shape index (κ2) is 6.00. The lowest BCUT2D eigenvalue weighted by Crippen LogP contribution is -1.99. The van der Waals surface area contributed by atoms with Gasteiger partial charge >= 0.3 is 0 Å². The van der Waals surface area contributed by atoms with Crippen molar-refractivity contribution in [2.75, 3.05) is 19.5 Å². The van der Waals surface area contributed by atoms with Crippen LogP contribution in [0, 0.1) is 0 Å². The molecule has 0 aliphatic heterocycles. The first kappa shape index (κ1) is 12.4. The van der Waals surface area contributed by atoms with Crippen molar-refractivity contribution < 1.29 is 14.9 Å². The summed E-state index contributed by atoms with van der Waals surface area (Å²) < 4.78 is 5.19. The largest absolute Gasteiger partial charge is 0.496 e. The summed E-state index contributed by atoms with van der Waals surface area (Å²) in [7, 11) is 1.59. The number of hydrogen-bond acceptors (Lipinski definition) is 4. The average Bonchev–Trinajstić information content (AvgIpc) is 2.25. The number of benzene rings is 1. The molecular weight excluding hydrogens is 212 g/mol. The highest BCUT2D eigenvalue weighted by Crippen LogP contribution is 2.34. The maximum atomic E-state index is 9.66. The van der Waals surface area contributed by atoms with Crippen molar-refractivity contribution in [1.82, 2.24) is 0 Å². The molecule has 3 nitrogen and oxygen atoms in total. The van der Waals surface area contributed by atoms with Crippen molar-refractivity contribution >= 4 is 11.8 Å². The Morgan fingerprint density at radius 2 is 2.20 bits per heavy atom. The molecule has 0 fully saturated rings. The van der Waals surface area contributed by atoms with Gasteiger partial charge in [-0.25, -0.2) is 0 Å². The average molecular weight is 228 g/mol. The summed E-state index contributed by atoms with van der Waals surface area (Å²) >= 11 is 1.51. The van der Waals surface area contributed by atoms with Crippen LogP contribution in [0.4, 0.5) is 0 Å². The molecule has 0 spiro atoms. The summed E-state index contributed by atoms with van der Waals surface area (Å²) in [5.74, 6) is 1.31. The molecule has 84 valence electrons. The van der Waals surface area contributed by atoms with Gasteiger partial charge in [-0.05, 0) is 19.1 Å². The highest BCUT2D eigenvalue weighted by Gasteiger charge is 2.13. The highest BCUT2D eigenvalue weighted by molar-refractivity contribution is 7.99. The molecule has 1 aromatic rings. The zero-order valence-corrected chi connectivity index (χ0v) is 9.75. The van der Waals surface area contributed by atoms with Crippen molar-refractivity contribution in [2.24, 2.45) is 0 Å². The maximum Gasteiger partial charge on any atom is 0.125 e. The van der Waals surface area contributed by atoms with Crippen molar-refractivity contribution in [2.45, 2.75) is 17.9 Å². The van der Waals surface area contributed by atoms with Gasteiger partial charge < -0.3 is 14.9 Å². The van der Waals surface area contributed by atoms with Gasteiger partial charge in [-0.15, -0.1) is 11.8 Å². The van der Waals surface area contributed by atoms with Crippen LogP contribution in [0.3, 0.4) is 0 Å². The summed E-state index contributed by atoms with van der Waals surface area (Å²) in [6, 6.07) is 5.63. The van der Waals surface area contributed by atoms with E-state index >= 15 is 0 Å². The molecular formula is C11H16O3S. The third-order valence-electron chi connectivity index (χ3n) is 2.01. The molecule has 0 aromatic heterocycles. The van der Waals surface area contributed by atoms with E-state index in [-0.39, 0.29) is 6.61 Å². The lowest BCUT2D eigenvalue weighted by Gasteiger charge is -2.15. The predicted octanol–water partition coefficient (Wildman–Crippen LogP) is 1.83. The first-order valence-corrected chi connectivity index (χ1v) is 5.78. The predicted molar refractivity (Wildman–Crippen MR) is 61.4 cm³/mol. The fourth-order valence-corrected chi connectivity index (χ4v) is 2.31. The minimum atomic E-state index is -0.567. The zero-order chi connectivity index (χ0) is 11.3. The van der Waals surface area contributed by atoms with Gasteiger partial charge in [0, 0.05) is 16.2 Å². The Bertz CT molecular complexity index is 313. The van der Waals surface area contributed by atoms with Crippen LogP contribution < -0.4 is 4.74 Å². The first-order valence-electron chi connectivity index (χ1n) is 4.79. The van der Waals surface area contributed by atoms with E-state index in [0.29, 0.717) is 11.5 Å². The zero-order valence-electron chi connectivity index (χ0n) is 8.93. The topological polar surface area (TPSA) is 49.7 Å². The molecule has 0 amide bonds. The van der Waals surface area contributed by atoms with Gasteiger partial charge in [0.1, 0.15) is 5.75 Å². The molecule has 0 aliphatic carbocycles. The minimum Gasteiger partial charge on any atom is -0.496 e. The Labute approximate surface area is 94.1 Å². The smallest absolute Gasteiger partial charge is 0.125 e. The normalized spacial score (nSPS) is 12.5. The molecule has 1 rings (SSSR count). The van der Waals surface area contributed by atoms with E-state index in [0.717, 1.165) is 10.5 Å². The third kappa shape index (κ3) is 3.12. The van der Waals surface area contributed by atoms with Crippen LogP contribution in [-0.2, 0) is 0 Å². The van der Waals surface area contributed by atoms with Gasteiger partial charge in [-0.3, -0.25) is 0 Å². The number of methoxy groups -OCH3 is 1. The molecule has 4 heteroatoms. The van der Waals surface area contributed by atoms with Crippen molar-refractivity contribution in [1.29, 1.82) is 0 Å². The number of ether oxygens (including phenoxy) is 1. The van der Waals surface area contributed by atoms with Gasteiger partial charge in [-0.1, -0.05) is 6.07 Å². The van der Waals surface area contributed by atoms with E-state index in [2.05, 4.69) is 0 Å². The summed E-state index contributed by atoms with van der Waals surface area (Å²) in [4.78, 5) is 0.957. The molecule has 1 aromatic carbocycles. The minimum absolute atomic E-state index is 0.126. The molecule has 0 bridgehead atoms. The van der Waals surface area contributed by atoms with E-state index in [1.54, 1.807) is 14.0 Å². The van der Waals surface area contributed by atoms with E-state index in [1.807, 2.05) is 18.2 Å². The van der Waals surface area contributed by atoms with Crippen LogP contribution in [0.5, 0.6) is 5.75 Å². The van der Waals surface area contributed by atoms with Crippen LogP contribution in [-0.4, -0.2) is 29.7 Å². The fourth-order valence-electron chi connectivity index (χ4n) is 1.40.